The second-order valence-corrected chi connectivity index (χ2v) is 13.8. The van der Waals surface area contributed by atoms with Gasteiger partial charge in [-0.05, 0) is 94.5 Å². The minimum Gasteiger partial charge on any atom is -0.460 e. The molecule has 0 amide bonds. The zero-order valence-electron chi connectivity index (χ0n) is 20.8. The predicted octanol–water partition coefficient (Wildman–Crippen LogP) is 3.33. The minimum absolute atomic E-state index is 0.143. The molecular formula is C28H38O6. The van der Waals surface area contributed by atoms with Crippen LogP contribution in [0.5, 0.6) is 0 Å². The van der Waals surface area contributed by atoms with E-state index in [1.54, 1.807) is 13.0 Å². The molecule has 7 aliphatic rings. The summed E-state index contributed by atoms with van der Waals surface area (Å²) in [5.41, 5.74) is -4.13. The summed E-state index contributed by atoms with van der Waals surface area (Å²) < 4.78 is 12.1. The van der Waals surface area contributed by atoms with Gasteiger partial charge in [-0.15, -0.1) is 0 Å². The van der Waals surface area contributed by atoms with Crippen molar-refractivity contribution in [3.8, 4) is 0 Å². The number of hydrogen-bond donors (Lipinski definition) is 2. The highest BCUT2D eigenvalue weighted by atomic mass is 16.6. The number of carbonyl (C=O) groups is 2. The van der Waals surface area contributed by atoms with Gasteiger partial charge in [0.2, 0.25) is 0 Å². The van der Waals surface area contributed by atoms with Crippen LogP contribution in [0.25, 0.3) is 0 Å². The highest BCUT2D eigenvalue weighted by Gasteiger charge is 2.79. The Morgan fingerprint density at radius 2 is 1.71 bits per heavy atom. The number of fused-ring (bicyclic) bond motifs is 6. The van der Waals surface area contributed by atoms with E-state index >= 15 is 0 Å². The van der Waals surface area contributed by atoms with Crippen molar-refractivity contribution in [3.63, 3.8) is 0 Å². The van der Waals surface area contributed by atoms with Crippen LogP contribution in [0.4, 0.5) is 0 Å². The first-order chi connectivity index (χ1) is 15.8. The van der Waals surface area contributed by atoms with E-state index in [2.05, 4.69) is 13.8 Å². The lowest BCUT2D eigenvalue weighted by molar-refractivity contribution is -0.200. The van der Waals surface area contributed by atoms with E-state index in [0.717, 1.165) is 32.1 Å². The number of epoxide rings is 1. The maximum absolute atomic E-state index is 13.3. The average Bonchev–Trinajstić information content (AvgIpc) is 3.27. The number of ketones is 1. The molecule has 5 aliphatic carbocycles. The topological polar surface area (TPSA) is 96.4 Å². The van der Waals surface area contributed by atoms with E-state index < -0.39 is 28.0 Å². The molecule has 2 bridgehead atoms. The van der Waals surface area contributed by atoms with Gasteiger partial charge in [-0.1, -0.05) is 19.9 Å². The van der Waals surface area contributed by atoms with Crippen molar-refractivity contribution in [3.05, 3.63) is 12.2 Å². The van der Waals surface area contributed by atoms with Gasteiger partial charge < -0.3 is 19.7 Å². The van der Waals surface area contributed by atoms with E-state index in [9.17, 15) is 19.8 Å². The number of allylic oxidation sites excluding steroid dienone is 1. The van der Waals surface area contributed by atoms with Crippen LogP contribution < -0.4 is 0 Å². The van der Waals surface area contributed by atoms with Crippen LogP contribution in [0.3, 0.4) is 0 Å². The number of esters is 1. The number of carbonyl (C=O) groups excluding carboxylic acids is 2. The Hall–Kier alpha value is -1.24. The molecule has 4 saturated carbocycles. The van der Waals surface area contributed by atoms with Gasteiger partial charge in [0.1, 0.15) is 11.7 Å². The van der Waals surface area contributed by atoms with Crippen molar-refractivity contribution in [1.29, 1.82) is 0 Å². The fourth-order valence-corrected chi connectivity index (χ4v) is 10.5. The molecule has 2 saturated heterocycles. The summed E-state index contributed by atoms with van der Waals surface area (Å²) >= 11 is 0. The van der Waals surface area contributed by atoms with Crippen molar-refractivity contribution in [2.45, 2.75) is 108 Å². The van der Waals surface area contributed by atoms with Crippen LogP contribution in [-0.4, -0.2) is 51.0 Å². The largest absolute Gasteiger partial charge is 0.460 e. The molecule has 0 radical (unpaired) electrons. The third-order valence-electron chi connectivity index (χ3n) is 13.0. The molecular weight excluding hydrogens is 432 g/mol. The molecule has 0 unspecified atom stereocenters. The monoisotopic (exact) mass is 470 g/mol. The average molecular weight is 471 g/mol. The highest BCUT2D eigenvalue weighted by molar-refractivity contribution is 5.97. The molecule has 2 N–H and O–H groups in total. The summed E-state index contributed by atoms with van der Waals surface area (Å²) in [7, 11) is 0. The van der Waals surface area contributed by atoms with Crippen molar-refractivity contribution < 1.29 is 29.3 Å². The summed E-state index contributed by atoms with van der Waals surface area (Å²) in [6.45, 7) is 7.96. The molecule has 7 rings (SSSR count). The Balaban J connectivity index is 1.24. The first-order valence-corrected chi connectivity index (χ1v) is 13.4. The summed E-state index contributed by atoms with van der Waals surface area (Å²) in [4.78, 5) is 25.9. The lowest BCUT2D eigenvalue weighted by Gasteiger charge is -2.59. The standard InChI is InChI=1S/C28H38O6/c1-23-13-18(19(14-23)33-22(30)26(23,4)31)27(32)11-8-16-15-12-21-28(34-21)9-5-6-20(29)25(28,3)17(15)7-10-24(16,27)2/h5-6,15-19,21,31-32H,7-14H2,1-4H3/t15-,16-,17-,18+,19+,21+,23+,24-,25-,26-,27+,28+/m0/s1. The van der Waals surface area contributed by atoms with Crippen molar-refractivity contribution >= 4 is 11.8 Å². The van der Waals surface area contributed by atoms with E-state index in [-0.39, 0.29) is 40.8 Å². The van der Waals surface area contributed by atoms with Gasteiger partial charge >= 0.3 is 5.97 Å². The van der Waals surface area contributed by atoms with Gasteiger partial charge in [0, 0.05) is 11.3 Å². The number of ether oxygens (including phenoxy) is 2. The Morgan fingerprint density at radius 1 is 0.971 bits per heavy atom. The van der Waals surface area contributed by atoms with Gasteiger partial charge in [-0.3, -0.25) is 4.79 Å². The second-order valence-electron chi connectivity index (χ2n) is 13.8. The number of hydrogen-bond acceptors (Lipinski definition) is 6. The molecule has 6 heteroatoms. The molecule has 2 heterocycles. The summed E-state index contributed by atoms with van der Waals surface area (Å²) in [5, 5.41) is 23.5. The fourth-order valence-electron chi connectivity index (χ4n) is 10.5. The summed E-state index contributed by atoms with van der Waals surface area (Å²) in [5.74, 6) is 0.459. The molecule has 12 atom stereocenters. The quantitative estimate of drug-likeness (QED) is 0.451. The molecule has 34 heavy (non-hydrogen) atoms. The van der Waals surface area contributed by atoms with Crippen LogP contribution in [0.15, 0.2) is 12.2 Å². The Labute approximate surface area is 201 Å². The van der Waals surface area contributed by atoms with Gasteiger partial charge in [-0.2, -0.15) is 0 Å². The molecule has 6 fully saturated rings. The molecule has 186 valence electrons. The predicted molar refractivity (Wildman–Crippen MR) is 122 cm³/mol. The molecule has 2 aliphatic heterocycles. The number of rotatable bonds is 1. The fraction of sp³-hybridized carbons (Fsp3) is 0.857. The molecule has 6 nitrogen and oxygen atoms in total. The highest BCUT2D eigenvalue weighted by Crippen LogP contribution is 2.74. The first kappa shape index (κ1) is 22.0. The van der Waals surface area contributed by atoms with E-state index in [0.29, 0.717) is 31.1 Å². The molecule has 0 aromatic heterocycles. The van der Waals surface area contributed by atoms with Crippen molar-refractivity contribution in [1.82, 2.24) is 0 Å². The molecule has 0 aromatic carbocycles. The third-order valence-corrected chi connectivity index (χ3v) is 13.0. The summed E-state index contributed by atoms with van der Waals surface area (Å²) in [6, 6.07) is 0. The number of aliphatic hydroxyl groups is 2. The lowest BCUT2D eigenvalue weighted by atomic mass is 9.44. The Bertz CT molecular complexity index is 1030. The van der Waals surface area contributed by atoms with Crippen molar-refractivity contribution in [2.24, 2.45) is 39.9 Å². The maximum atomic E-state index is 13.3. The Morgan fingerprint density at radius 3 is 2.47 bits per heavy atom. The normalized spacial score (nSPS) is 63.5. The lowest BCUT2D eigenvalue weighted by Crippen LogP contribution is -2.62. The molecule has 1 spiro atoms. The third kappa shape index (κ3) is 2.11. The Kier molecular flexibility index (Phi) is 3.88. The smallest absolute Gasteiger partial charge is 0.338 e. The van der Waals surface area contributed by atoms with Crippen LogP contribution in [0.2, 0.25) is 0 Å². The van der Waals surface area contributed by atoms with Crippen LogP contribution in [0, 0.1) is 39.9 Å². The van der Waals surface area contributed by atoms with Gasteiger partial charge in [0.05, 0.1) is 17.1 Å². The zero-order valence-corrected chi connectivity index (χ0v) is 20.8. The zero-order chi connectivity index (χ0) is 24.1. The van der Waals surface area contributed by atoms with Crippen molar-refractivity contribution in [2.75, 3.05) is 0 Å². The second kappa shape index (κ2) is 6.00. The van der Waals surface area contributed by atoms with E-state index in [4.69, 9.17) is 9.47 Å². The minimum atomic E-state index is -1.52. The van der Waals surface area contributed by atoms with Gasteiger partial charge in [0.25, 0.3) is 0 Å². The maximum Gasteiger partial charge on any atom is 0.338 e. The summed E-state index contributed by atoms with van der Waals surface area (Å²) in [6.07, 6.45) is 10.00. The van der Waals surface area contributed by atoms with Crippen LogP contribution in [0.1, 0.15) is 79.1 Å². The SMILES string of the molecule is C[C@@]12C[C@@H]([C@]3(O)CC[C@H]4[C@@H]5C[C@H]6O[C@]67CC=CC(=O)[C@]7(C)[C@H]5CC[C@@]43C)[C@@H](C1)OC(=O)[C@]2(C)O. The van der Waals surface area contributed by atoms with Gasteiger partial charge in [-0.25, -0.2) is 4.79 Å². The van der Waals surface area contributed by atoms with E-state index in [1.807, 2.05) is 13.0 Å². The van der Waals surface area contributed by atoms with Crippen LogP contribution in [-0.2, 0) is 19.1 Å². The van der Waals surface area contributed by atoms with Crippen LogP contribution >= 0.6 is 0 Å². The van der Waals surface area contributed by atoms with E-state index in [1.165, 1.54) is 0 Å². The first-order valence-electron chi connectivity index (χ1n) is 13.4. The van der Waals surface area contributed by atoms with Gasteiger partial charge in [0.15, 0.2) is 11.4 Å². The molecule has 0 aromatic rings.